The van der Waals surface area contributed by atoms with Crippen LogP contribution in [0.25, 0.3) is 0 Å². The Kier molecular flexibility index (Phi) is 4.72. The van der Waals surface area contributed by atoms with Crippen LogP contribution >= 0.6 is 27.5 Å². The van der Waals surface area contributed by atoms with Crippen molar-refractivity contribution in [3.8, 4) is 0 Å². The van der Waals surface area contributed by atoms with Gasteiger partial charge in [0.2, 0.25) is 0 Å². The van der Waals surface area contributed by atoms with Crippen LogP contribution in [0.2, 0.25) is 0 Å². The predicted octanol–water partition coefficient (Wildman–Crippen LogP) is 5.35. The third-order valence-corrected chi connectivity index (χ3v) is 4.74. The summed E-state index contributed by atoms with van der Waals surface area (Å²) >= 11 is 9.83. The van der Waals surface area contributed by atoms with Gasteiger partial charge in [0, 0.05) is 16.3 Å². The lowest BCUT2D eigenvalue weighted by molar-refractivity contribution is 0.317. The standard InChI is InChI=1S/C14H18BrCl/c15-14-9-5-4-8-12(14)13(10-16)11-6-2-1-3-7-11/h4-5,8-9,11,13H,1-3,6-7,10H2. The zero-order valence-corrected chi connectivity index (χ0v) is 11.8. The molecule has 1 atom stereocenters. The number of halogens is 2. The van der Waals surface area contributed by atoms with Gasteiger partial charge in [0.1, 0.15) is 0 Å². The SMILES string of the molecule is ClCC(c1ccccc1Br)C1CCCCC1. The maximum absolute atomic E-state index is 6.19. The molecule has 16 heavy (non-hydrogen) atoms. The highest BCUT2D eigenvalue weighted by Gasteiger charge is 2.25. The molecule has 1 saturated carbocycles. The van der Waals surface area contributed by atoms with E-state index in [1.807, 2.05) is 0 Å². The highest BCUT2D eigenvalue weighted by Crippen LogP contribution is 2.39. The normalized spacial score (nSPS) is 19.6. The smallest absolute Gasteiger partial charge is 0.0295 e. The van der Waals surface area contributed by atoms with Gasteiger partial charge < -0.3 is 0 Å². The van der Waals surface area contributed by atoms with Gasteiger partial charge in [-0.15, -0.1) is 11.6 Å². The fourth-order valence-corrected chi connectivity index (χ4v) is 3.77. The number of benzene rings is 1. The predicted molar refractivity (Wildman–Crippen MR) is 74.2 cm³/mol. The van der Waals surface area contributed by atoms with Crippen LogP contribution in [-0.2, 0) is 0 Å². The van der Waals surface area contributed by atoms with Crippen molar-refractivity contribution >= 4 is 27.5 Å². The van der Waals surface area contributed by atoms with E-state index in [2.05, 4.69) is 40.2 Å². The van der Waals surface area contributed by atoms with Crippen LogP contribution in [0.3, 0.4) is 0 Å². The third-order valence-electron chi connectivity index (χ3n) is 3.69. The summed E-state index contributed by atoms with van der Waals surface area (Å²) in [5.41, 5.74) is 1.39. The van der Waals surface area contributed by atoms with Crippen molar-refractivity contribution in [1.29, 1.82) is 0 Å². The molecule has 0 nitrogen and oxygen atoms in total. The van der Waals surface area contributed by atoms with Gasteiger partial charge >= 0.3 is 0 Å². The quantitative estimate of drug-likeness (QED) is 0.660. The lowest BCUT2D eigenvalue weighted by Crippen LogP contribution is -2.18. The zero-order chi connectivity index (χ0) is 11.4. The Hall–Kier alpha value is -0.0100. The molecule has 1 aliphatic carbocycles. The second-order valence-corrected chi connectivity index (χ2v) is 5.84. The summed E-state index contributed by atoms with van der Waals surface area (Å²) < 4.78 is 1.21. The fourth-order valence-electron chi connectivity index (χ4n) is 2.78. The lowest BCUT2D eigenvalue weighted by Gasteiger charge is -2.29. The highest BCUT2D eigenvalue weighted by atomic mass is 79.9. The van der Waals surface area contributed by atoms with Crippen LogP contribution < -0.4 is 0 Å². The first-order valence-corrected chi connectivity index (χ1v) is 7.46. The monoisotopic (exact) mass is 300 g/mol. The summed E-state index contributed by atoms with van der Waals surface area (Å²) in [4.78, 5) is 0. The minimum absolute atomic E-state index is 0.526. The first kappa shape index (κ1) is 12.4. The van der Waals surface area contributed by atoms with E-state index >= 15 is 0 Å². The Morgan fingerprint density at radius 2 is 1.88 bits per heavy atom. The molecule has 2 rings (SSSR count). The maximum atomic E-state index is 6.19. The van der Waals surface area contributed by atoms with Crippen LogP contribution in [-0.4, -0.2) is 5.88 Å². The molecule has 0 radical (unpaired) electrons. The van der Waals surface area contributed by atoms with Crippen LogP contribution in [0.4, 0.5) is 0 Å². The van der Waals surface area contributed by atoms with Crippen molar-refractivity contribution < 1.29 is 0 Å². The molecule has 1 aromatic rings. The molecular formula is C14H18BrCl. The molecule has 0 N–H and O–H groups in total. The number of rotatable bonds is 3. The highest BCUT2D eigenvalue weighted by molar-refractivity contribution is 9.10. The van der Waals surface area contributed by atoms with Gasteiger partial charge in [-0.05, 0) is 30.4 Å². The van der Waals surface area contributed by atoms with E-state index in [1.165, 1.54) is 42.1 Å². The van der Waals surface area contributed by atoms with E-state index in [0.717, 1.165) is 11.8 Å². The zero-order valence-electron chi connectivity index (χ0n) is 9.46. The van der Waals surface area contributed by atoms with E-state index in [1.54, 1.807) is 0 Å². The number of alkyl halides is 1. The fraction of sp³-hybridized carbons (Fsp3) is 0.571. The summed E-state index contributed by atoms with van der Waals surface area (Å²) in [5, 5.41) is 0. The van der Waals surface area contributed by atoms with Crippen molar-refractivity contribution in [3.63, 3.8) is 0 Å². The van der Waals surface area contributed by atoms with E-state index in [0.29, 0.717) is 5.92 Å². The molecule has 88 valence electrons. The summed E-state index contributed by atoms with van der Waals surface area (Å²) in [6, 6.07) is 8.52. The Balaban J connectivity index is 2.18. The lowest BCUT2D eigenvalue weighted by atomic mass is 9.78. The van der Waals surface area contributed by atoms with Gasteiger partial charge in [0.25, 0.3) is 0 Å². The van der Waals surface area contributed by atoms with Gasteiger partial charge in [0.05, 0.1) is 0 Å². The Morgan fingerprint density at radius 1 is 1.19 bits per heavy atom. The van der Waals surface area contributed by atoms with Crippen LogP contribution in [0.15, 0.2) is 28.7 Å². The molecule has 1 unspecified atom stereocenters. The van der Waals surface area contributed by atoms with Crippen molar-refractivity contribution in [3.05, 3.63) is 34.3 Å². The molecule has 1 aliphatic rings. The molecule has 0 saturated heterocycles. The first-order chi connectivity index (χ1) is 7.83. The molecule has 0 spiro atoms. The minimum Gasteiger partial charge on any atom is -0.126 e. The van der Waals surface area contributed by atoms with Gasteiger partial charge in [-0.3, -0.25) is 0 Å². The van der Waals surface area contributed by atoms with E-state index in [4.69, 9.17) is 11.6 Å². The second kappa shape index (κ2) is 6.07. The molecular weight excluding hydrogens is 284 g/mol. The second-order valence-electron chi connectivity index (χ2n) is 4.68. The topological polar surface area (TPSA) is 0 Å². The Morgan fingerprint density at radius 3 is 2.50 bits per heavy atom. The number of hydrogen-bond donors (Lipinski definition) is 0. The van der Waals surface area contributed by atoms with Gasteiger partial charge in [-0.1, -0.05) is 53.4 Å². The Bertz CT molecular complexity index is 331. The summed E-state index contributed by atoms with van der Waals surface area (Å²) in [7, 11) is 0. The molecule has 0 heterocycles. The van der Waals surface area contributed by atoms with Crippen molar-refractivity contribution in [1.82, 2.24) is 0 Å². The molecule has 2 heteroatoms. The molecule has 0 bridgehead atoms. The summed E-state index contributed by atoms with van der Waals surface area (Å²) in [6.45, 7) is 0. The molecule has 1 fully saturated rings. The van der Waals surface area contributed by atoms with Crippen molar-refractivity contribution in [2.24, 2.45) is 5.92 Å². The van der Waals surface area contributed by atoms with Gasteiger partial charge in [-0.25, -0.2) is 0 Å². The maximum Gasteiger partial charge on any atom is 0.0295 e. The van der Waals surface area contributed by atoms with E-state index < -0.39 is 0 Å². The summed E-state index contributed by atoms with van der Waals surface area (Å²) in [5.74, 6) is 2.05. The largest absolute Gasteiger partial charge is 0.126 e. The molecule has 0 aromatic heterocycles. The van der Waals surface area contributed by atoms with Crippen LogP contribution in [0.1, 0.15) is 43.6 Å². The van der Waals surface area contributed by atoms with Gasteiger partial charge in [-0.2, -0.15) is 0 Å². The van der Waals surface area contributed by atoms with Crippen molar-refractivity contribution in [2.45, 2.75) is 38.0 Å². The summed E-state index contributed by atoms with van der Waals surface area (Å²) in [6.07, 6.45) is 6.85. The first-order valence-electron chi connectivity index (χ1n) is 6.13. The number of hydrogen-bond acceptors (Lipinski definition) is 0. The average Bonchev–Trinajstić information content (AvgIpc) is 2.34. The third kappa shape index (κ3) is 2.81. The van der Waals surface area contributed by atoms with E-state index in [9.17, 15) is 0 Å². The average molecular weight is 302 g/mol. The van der Waals surface area contributed by atoms with Crippen LogP contribution in [0.5, 0.6) is 0 Å². The minimum atomic E-state index is 0.526. The van der Waals surface area contributed by atoms with E-state index in [-0.39, 0.29) is 0 Å². The Labute approximate surface area is 112 Å². The molecule has 0 aliphatic heterocycles. The molecule has 1 aromatic carbocycles. The van der Waals surface area contributed by atoms with Crippen LogP contribution in [0, 0.1) is 5.92 Å². The molecule has 0 amide bonds. The van der Waals surface area contributed by atoms with Gasteiger partial charge in [0.15, 0.2) is 0 Å². The van der Waals surface area contributed by atoms with Crippen molar-refractivity contribution in [2.75, 3.05) is 5.88 Å².